The second-order valence-corrected chi connectivity index (χ2v) is 4.19. The van der Waals surface area contributed by atoms with E-state index in [1.54, 1.807) is 0 Å². The molecule has 0 aliphatic carbocycles. The molecule has 0 atom stereocenters. The average molecular weight is 233 g/mol. The molecule has 0 saturated carbocycles. The van der Waals surface area contributed by atoms with Crippen molar-refractivity contribution in [2.24, 2.45) is 5.14 Å². The van der Waals surface area contributed by atoms with Crippen LogP contribution in [-0.2, 0) is 10.0 Å². The first-order valence-corrected chi connectivity index (χ1v) is 5.31. The van der Waals surface area contributed by atoms with Crippen molar-refractivity contribution in [3.05, 3.63) is 23.5 Å². The van der Waals surface area contributed by atoms with Gasteiger partial charge in [0.15, 0.2) is 17.9 Å². The number of carbonyl (C=O) groups excluding carboxylic acids is 1. The van der Waals surface area contributed by atoms with Gasteiger partial charge in [0.05, 0.1) is 12.7 Å². The molecule has 0 heterocycles. The Morgan fingerprint density at radius 2 is 2.07 bits per heavy atom. The van der Waals surface area contributed by atoms with Gasteiger partial charge >= 0.3 is 0 Å². The second-order valence-electron chi connectivity index (χ2n) is 2.66. The largest absolute Gasteiger partial charge is 0.492 e. The Morgan fingerprint density at radius 3 is 2.47 bits per heavy atom. The van der Waals surface area contributed by atoms with Crippen molar-refractivity contribution in [1.82, 2.24) is 0 Å². The van der Waals surface area contributed by atoms with Gasteiger partial charge in [0.25, 0.3) is 0 Å². The highest BCUT2D eigenvalue weighted by Crippen LogP contribution is 2.27. The van der Waals surface area contributed by atoms with E-state index < -0.39 is 26.5 Å². The number of hydrogen-bond donors (Lipinski definition) is 1. The van der Waals surface area contributed by atoms with Crippen LogP contribution in [0.1, 0.15) is 10.4 Å². The molecule has 0 bridgehead atoms. The summed E-state index contributed by atoms with van der Waals surface area (Å²) in [4.78, 5) is 9.89. The molecule has 0 aromatic heterocycles. The molecule has 15 heavy (non-hydrogen) atoms. The van der Waals surface area contributed by atoms with Crippen molar-refractivity contribution >= 4 is 16.3 Å². The van der Waals surface area contributed by atoms with Crippen molar-refractivity contribution in [3.8, 4) is 5.75 Å². The number of ether oxygens (including phenoxy) is 1. The zero-order valence-electron chi connectivity index (χ0n) is 7.73. The van der Waals surface area contributed by atoms with Crippen LogP contribution in [0.2, 0.25) is 0 Å². The van der Waals surface area contributed by atoms with E-state index in [4.69, 9.17) is 5.14 Å². The quantitative estimate of drug-likeness (QED) is 0.760. The summed E-state index contributed by atoms with van der Waals surface area (Å²) in [5.41, 5.74) is -0.292. The van der Waals surface area contributed by atoms with Gasteiger partial charge in [-0.1, -0.05) is 0 Å². The zero-order valence-corrected chi connectivity index (χ0v) is 8.55. The molecule has 1 aromatic rings. The lowest BCUT2D eigenvalue weighted by atomic mass is 10.2. The number of sulfonamides is 1. The highest BCUT2D eigenvalue weighted by Gasteiger charge is 2.20. The predicted molar refractivity (Wildman–Crippen MR) is 49.7 cm³/mol. The number of methoxy groups -OCH3 is 1. The van der Waals surface area contributed by atoms with Crippen LogP contribution in [0.5, 0.6) is 5.75 Å². The molecule has 0 aliphatic rings. The summed E-state index contributed by atoms with van der Waals surface area (Å²) in [7, 11) is -2.99. The van der Waals surface area contributed by atoms with Gasteiger partial charge in [0.2, 0.25) is 10.0 Å². The molecular formula is C8H8FNO4S. The molecule has 2 N–H and O–H groups in total. The Labute approximate surface area is 85.7 Å². The summed E-state index contributed by atoms with van der Waals surface area (Å²) in [5, 5.41) is 4.83. The van der Waals surface area contributed by atoms with Crippen LogP contribution in [0.3, 0.4) is 0 Å². The molecule has 0 fully saturated rings. The lowest BCUT2D eigenvalue weighted by Crippen LogP contribution is -2.14. The minimum atomic E-state index is -4.07. The van der Waals surface area contributed by atoms with E-state index >= 15 is 0 Å². The normalized spacial score (nSPS) is 11.1. The molecule has 1 rings (SSSR count). The van der Waals surface area contributed by atoms with E-state index in [0.717, 1.165) is 19.2 Å². The van der Waals surface area contributed by atoms with E-state index in [0.29, 0.717) is 0 Å². The van der Waals surface area contributed by atoms with Crippen molar-refractivity contribution in [2.45, 2.75) is 4.90 Å². The minimum Gasteiger partial charge on any atom is -0.492 e. The maximum absolute atomic E-state index is 13.4. The van der Waals surface area contributed by atoms with E-state index in [2.05, 4.69) is 4.74 Å². The van der Waals surface area contributed by atoms with E-state index in [1.807, 2.05) is 0 Å². The molecule has 0 radical (unpaired) electrons. The molecule has 7 heteroatoms. The van der Waals surface area contributed by atoms with Gasteiger partial charge in [-0.3, -0.25) is 4.79 Å². The number of benzene rings is 1. The molecular weight excluding hydrogens is 225 g/mol. The highest BCUT2D eigenvalue weighted by molar-refractivity contribution is 7.89. The zero-order chi connectivity index (χ0) is 11.6. The van der Waals surface area contributed by atoms with Gasteiger partial charge in [0.1, 0.15) is 4.90 Å². The van der Waals surface area contributed by atoms with E-state index in [1.165, 1.54) is 0 Å². The summed E-state index contributed by atoms with van der Waals surface area (Å²) >= 11 is 0. The number of carbonyl (C=O) groups is 1. The maximum atomic E-state index is 13.4. The number of hydrogen-bond acceptors (Lipinski definition) is 4. The molecule has 0 saturated heterocycles. The first kappa shape index (κ1) is 11.6. The fourth-order valence-corrected chi connectivity index (χ4v) is 1.75. The van der Waals surface area contributed by atoms with Crippen LogP contribution in [0.25, 0.3) is 0 Å². The smallest absolute Gasteiger partial charge is 0.241 e. The summed E-state index contributed by atoms with van der Waals surface area (Å²) in [5.74, 6) is -1.60. The number of aldehydes is 1. The van der Waals surface area contributed by atoms with Gasteiger partial charge in [-0.15, -0.1) is 0 Å². The third-order valence-corrected chi connectivity index (χ3v) is 2.66. The highest BCUT2D eigenvalue weighted by atomic mass is 32.2. The molecule has 0 spiro atoms. The van der Waals surface area contributed by atoms with Gasteiger partial charge in [-0.2, -0.15) is 0 Å². The lowest BCUT2D eigenvalue weighted by Gasteiger charge is -2.08. The topological polar surface area (TPSA) is 86.5 Å². The second kappa shape index (κ2) is 3.95. The Bertz CT molecular complexity index is 498. The Kier molecular flexibility index (Phi) is 3.06. The van der Waals surface area contributed by atoms with Crippen LogP contribution >= 0.6 is 0 Å². The van der Waals surface area contributed by atoms with Gasteiger partial charge in [-0.25, -0.2) is 17.9 Å². The van der Waals surface area contributed by atoms with Crippen molar-refractivity contribution in [1.29, 1.82) is 0 Å². The van der Waals surface area contributed by atoms with Crippen molar-refractivity contribution < 1.29 is 22.3 Å². The van der Waals surface area contributed by atoms with Crippen molar-refractivity contribution in [2.75, 3.05) is 7.11 Å². The predicted octanol–water partition coefficient (Wildman–Crippen LogP) is 0.294. The summed E-state index contributed by atoms with van der Waals surface area (Å²) < 4.78 is 40.0. The van der Waals surface area contributed by atoms with Crippen LogP contribution < -0.4 is 9.88 Å². The Hall–Kier alpha value is -1.47. The summed E-state index contributed by atoms with van der Waals surface area (Å²) in [6.45, 7) is 0. The molecule has 0 unspecified atom stereocenters. The molecule has 5 nitrogen and oxygen atoms in total. The lowest BCUT2D eigenvalue weighted by molar-refractivity contribution is 0.111. The SMILES string of the molecule is COc1c(S(N)(=O)=O)ccc(C=O)c1F. The molecule has 0 amide bonds. The monoisotopic (exact) mass is 233 g/mol. The van der Waals surface area contributed by atoms with Gasteiger partial charge < -0.3 is 4.74 Å². The minimum absolute atomic E-state index is 0.255. The van der Waals surface area contributed by atoms with Gasteiger partial charge in [0, 0.05) is 0 Å². The first-order chi connectivity index (χ1) is 6.91. The van der Waals surface area contributed by atoms with E-state index in [9.17, 15) is 17.6 Å². The molecule has 1 aromatic carbocycles. The molecule has 0 aliphatic heterocycles. The van der Waals surface area contributed by atoms with Crippen LogP contribution in [0.15, 0.2) is 17.0 Å². The van der Waals surface area contributed by atoms with E-state index in [-0.39, 0.29) is 11.8 Å². The number of nitrogens with two attached hydrogens (primary N) is 1. The van der Waals surface area contributed by atoms with Crippen LogP contribution in [0, 0.1) is 5.82 Å². The number of primary sulfonamides is 1. The fourth-order valence-electron chi connectivity index (χ4n) is 1.06. The average Bonchev–Trinajstić information content (AvgIpc) is 2.15. The number of rotatable bonds is 3. The third kappa shape index (κ3) is 2.13. The van der Waals surface area contributed by atoms with Gasteiger partial charge in [-0.05, 0) is 12.1 Å². The summed E-state index contributed by atoms with van der Waals surface area (Å²) in [6.07, 6.45) is 0.255. The fraction of sp³-hybridized carbons (Fsp3) is 0.125. The van der Waals surface area contributed by atoms with Crippen LogP contribution in [-0.4, -0.2) is 21.8 Å². The third-order valence-electron chi connectivity index (χ3n) is 1.73. The Balaban J connectivity index is 3.58. The summed E-state index contributed by atoms with van der Waals surface area (Å²) in [6, 6.07) is 2.03. The Morgan fingerprint density at radius 1 is 1.47 bits per heavy atom. The van der Waals surface area contributed by atoms with Crippen molar-refractivity contribution in [3.63, 3.8) is 0 Å². The standard InChI is InChI=1S/C8H8FNO4S/c1-14-8-6(15(10,12)13)3-2-5(4-11)7(8)9/h2-4H,1H3,(H2,10,12,13). The first-order valence-electron chi connectivity index (χ1n) is 3.76. The maximum Gasteiger partial charge on any atom is 0.241 e. The number of halogens is 1. The van der Waals surface area contributed by atoms with Crippen LogP contribution in [0.4, 0.5) is 4.39 Å². The molecule has 82 valence electrons.